The topological polar surface area (TPSA) is 25.2 Å². The van der Waals surface area contributed by atoms with Gasteiger partial charge in [0, 0.05) is 16.9 Å². The summed E-state index contributed by atoms with van der Waals surface area (Å²) in [5.41, 5.74) is 0.756. The molecule has 0 spiro atoms. The highest BCUT2D eigenvalue weighted by molar-refractivity contribution is 9.10. The van der Waals surface area contributed by atoms with Gasteiger partial charge in [-0.3, -0.25) is 0 Å². The highest BCUT2D eigenvalue weighted by Crippen LogP contribution is 2.18. The Labute approximate surface area is 133 Å². The minimum absolute atomic E-state index is 0.148. The molecule has 0 fully saturated rings. The molecule has 1 atom stereocenters. The Balaban J connectivity index is 1.97. The summed E-state index contributed by atoms with van der Waals surface area (Å²) >= 11 is 3.29. The molecule has 0 saturated heterocycles. The summed E-state index contributed by atoms with van der Waals surface area (Å²) in [6.45, 7) is 3.08. The van der Waals surface area contributed by atoms with Crippen LogP contribution in [0, 0.1) is 5.82 Å². The molecule has 1 aromatic carbocycles. The Kier molecular flexibility index (Phi) is 6.46. The quantitative estimate of drug-likeness (QED) is 0.742. The summed E-state index contributed by atoms with van der Waals surface area (Å²) in [6.07, 6.45) is 5.26. The van der Waals surface area contributed by atoms with Crippen LogP contribution in [0.2, 0.25) is 0 Å². The lowest BCUT2D eigenvalue weighted by atomic mass is 10.0. The van der Waals surface area contributed by atoms with Gasteiger partial charge in [0.1, 0.15) is 11.6 Å². The molecule has 0 radical (unpaired) electrons. The van der Waals surface area contributed by atoms with Crippen molar-refractivity contribution in [2.75, 3.05) is 6.54 Å². The number of hydrogen-bond acceptors (Lipinski definition) is 2. The fraction of sp³-hybridized carbons (Fsp3) is 0.412. The second-order valence-electron chi connectivity index (χ2n) is 5.21. The van der Waals surface area contributed by atoms with E-state index in [0.29, 0.717) is 6.42 Å². The van der Waals surface area contributed by atoms with E-state index in [1.165, 1.54) is 6.07 Å². The van der Waals surface area contributed by atoms with E-state index in [-0.39, 0.29) is 11.9 Å². The molecule has 21 heavy (non-hydrogen) atoms. The van der Waals surface area contributed by atoms with Crippen molar-refractivity contribution < 1.29 is 8.81 Å². The third-order valence-corrected chi connectivity index (χ3v) is 3.98. The maximum Gasteiger partial charge on any atom is 0.127 e. The zero-order valence-electron chi connectivity index (χ0n) is 12.2. The normalized spacial score (nSPS) is 12.5. The maximum atomic E-state index is 14.0. The first-order valence-corrected chi connectivity index (χ1v) is 8.18. The Bertz CT molecular complexity index is 542. The van der Waals surface area contributed by atoms with Crippen molar-refractivity contribution in [2.24, 2.45) is 0 Å². The highest BCUT2D eigenvalue weighted by atomic mass is 79.9. The summed E-state index contributed by atoms with van der Waals surface area (Å²) in [4.78, 5) is 0. The maximum absolute atomic E-state index is 14.0. The van der Waals surface area contributed by atoms with E-state index in [9.17, 15) is 4.39 Å². The average molecular weight is 354 g/mol. The SMILES string of the molecule is CCCNC(CCc1ccco1)Cc1ccc(Br)cc1F. The Morgan fingerprint density at radius 2 is 2.19 bits per heavy atom. The van der Waals surface area contributed by atoms with Crippen LogP contribution in [-0.2, 0) is 12.8 Å². The molecule has 2 aromatic rings. The number of halogens is 2. The van der Waals surface area contributed by atoms with E-state index >= 15 is 0 Å². The Hall–Kier alpha value is -1.13. The number of furan rings is 1. The van der Waals surface area contributed by atoms with E-state index < -0.39 is 0 Å². The fourth-order valence-corrected chi connectivity index (χ4v) is 2.68. The smallest absolute Gasteiger partial charge is 0.127 e. The van der Waals surface area contributed by atoms with Gasteiger partial charge in [-0.2, -0.15) is 0 Å². The molecular formula is C17H21BrFNO. The third kappa shape index (κ3) is 5.29. The van der Waals surface area contributed by atoms with Gasteiger partial charge in [0.25, 0.3) is 0 Å². The van der Waals surface area contributed by atoms with Crippen LogP contribution in [0.15, 0.2) is 45.5 Å². The van der Waals surface area contributed by atoms with Crippen LogP contribution in [0.25, 0.3) is 0 Å². The Morgan fingerprint density at radius 3 is 2.86 bits per heavy atom. The van der Waals surface area contributed by atoms with Crippen molar-refractivity contribution >= 4 is 15.9 Å². The lowest BCUT2D eigenvalue weighted by Gasteiger charge is -2.18. The first kappa shape index (κ1) is 16.2. The van der Waals surface area contributed by atoms with E-state index in [4.69, 9.17) is 4.42 Å². The van der Waals surface area contributed by atoms with Gasteiger partial charge in [-0.05, 0) is 55.6 Å². The van der Waals surface area contributed by atoms with Crippen LogP contribution in [0.1, 0.15) is 31.1 Å². The molecule has 4 heteroatoms. The summed E-state index contributed by atoms with van der Waals surface area (Å²) < 4.78 is 20.1. The number of benzene rings is 1. The van der Waals surface area contributed by atoms with Crippen molar-refractivity contribution in [2.45, 2.75) is 38.6 Å². The molecule has 0 aliphatic carbocycles. The first-order chi connectivity index (χ1) is 10.2. The molecule has 114 valence electrons. The molecule has 1 unspecified atom stereocenters. The van der Waals surface area contributed by atoms with Crippen molar-refractivity contribution in [1.82, 2.24) is 5.32 Å². The lowest BCUT2D eigenvalue weighted by molar-refractivity contribution is 0.436. The molecule has 0 aliphatic heterocycles. The zero-order chi connectivity index (χ0) is 15.1. The highest BCUT2D eigenvalue weighted by Gasteiger charge is 2.13. The second kappa shape index (κ2) is 8.35. The minimum atomic E-state index is -0.148. The first-order valence-electron chi connectivity index (χ1n) is 7.38. The summed E-state index contributed by atoms with van der Waals surface area (Å²) in [7, 11) is 0. The van der Waals surface area contributed by atoms with Crippen LogP contribution < -0.4 is 5.32 Å². The second-order valence-corrected chi connectivity index (χ2v) is 6.12. The zero-order valence-corrected chi connectivity index (χ0v) is 13.8. The fourth-order valence-electron chi connectivity index (χ4n) is 2.35. The predicted molar refractivity (Wildman–Crippen MR) is 86.9 cm³/mol. The molecule has 1 heterocycles. The molecule has 0 bridgehead atoms. The number of rotatable bonds is 8. The van der Waals surface area contributed by atoms with Crippen LogP contribution in [-0.4, -0.2) is 12.6 Å². The molecule has 2 rings (SSSR count). The predicted octanol–water partition coefficient (Wildman–Crippen LogP) is 4.72. The lowest BCUT2D eigenvalue weighted by Crippen LogP contribution is -2.32. The van der Waals surface area contributed by atoms with Gasteiger partial charge >= 0.3 is 0 Å². The molecule has 0 aliphatic rings. The van der Waals surface area contributed by atoms with Crippen LogP contribution >= 0.6 is 15.9 Å². The minimum Gasteiger partial charge on any atom is -0.469 e. The molecular weight excluding hydrogens is 333 g/mol. The van der Waals surface area contributed by atoms with Crippen LogP contribution in [0.4, 0.5) is 4.39 Å². The van der Waals surface area contributed by atoms with Crippen LogP contribution in [0.3, 0.4) is 0 Å². The summed E-state index contributed by atoms with van der Waals surface area (Å²) in [5, 5.41) is 3.50. The van der Waals surface area contributed by atoms with Crippen molar-refractivity contribution in [1.29, 1.82) is 0 Å². The number of nitrogens with one attached hydrogen (secondary N) is 1. The largest absolute Gasteiger partial charge is 0.469 e. The van der Waals surface area contributed by atoms with Gasteiger partial charge in [-0.25, -0.2) is 4.39 Å². The van der Waals surface area contributed by atoms with Crippen molar-refractivity contribution in [3.8, 4) is 0 Å². The molecule has 0 saturated carbocycles. The van der Waals surface area contributed by atoms with Crippen LogP contribution in [0.5, 0.6) is 0 Å². The summed E-state index contributed by atoms with van der Waals surface area (Å²) in [6, 6.07) is 9.41. The molecule has 1 N–H and O–H groups in total. The van der Waals surface area contributed by atoms with Gasteiger partial charge in [-0.15, -0.1) is 0 Å². The standard InChI is InChI=1S/C17H21BrFNO/c1-2-9-20-15(7-8-16-4-3-10-21-16)11-13-5-6-14(18)12-17(13)19/h3-6,10,12,15,20H,2,7-9,11H2,1H3. The van der Waals surface area contributed by atoms with Crippen molar-refractivity contribution in [3.63, 3.8) is 0 Å². The molecule has 1 aromatic heterocycles. The average Bonchev–Trinajstić information content (AvgIpc) is 2.97. The molecule has 2 nitrogen and oxygen atoms in total. The third-order valence-electron chi connectivity index (χ3n) is 3.48. The van der Waals surface area contributed by atoms with E-state index in [2.05, 4.69) is 28.2 Å². The van der Waals surface area contributed by atoms with Crippen molar-refractivity contribution in [3.05, 3.63) is 58.2 Å². The monoisotopic (exact) mass is 353 g/mol. The molecule has 0 amide bonds. The van der Waals surface area contributed by atoms with E-state index in [0.717, 1.165) is 41.6 Å². The number of hydrogen-bond donors (Lipinski definition) is 1. The van der Waals surface area contributed by atoms with Gasteiger partial charge in [0.05, 0.1) is 6.26 Å². The van der Waals surface area contributed by atoms with Gasteiger partial charge in [0.15, 0.2) is 0 Å². The van der Waals surface area contributed by atoms with Gasteiger partial charge in [0.2, 0.25) is 0 Å². The van der Waals surface area contributed by atoms with E-state index in [1.54, 1.807) is 6.26 Å². The summed E-state index contributed by atoms with van der Waals surface area (Å²) in [5.74, 6) is 0.834. The Morgan fingerprint density at radius 1 is 1.33 bits per heavy atom. The van der Waals surface area contributed by atoms with Gasteiger partial charge < -0.3 is 9.73 Å². The van der Waals surface area contributed by atoms with Gasteiger partial charge in [-0.1, -0.05) is 28.9 Å². The van der Waals surface area contributed by atoms with E-state index in [1.807, 2.05) is 24.3 Å². The number of aryl methyl sites for hydroxylation is 1.